The summed E-state index contributed by atoms with van der Waals surface area (Å²) in [5, 5.41) is 6.35. The van der Waals surface area contributed by atoms with Crippen molar-refractivity contribution in [3.63, 3.8) is 0 Å². The molecule has 0 N–H and O–H groups in total. The van der Waals surface area contributed by atoms with Crippen LogP contribution < -0.4 is 0 Å². The fourth-order valence-corrected chi connectivity index (χ4v) is 7.17. The van der Waals surface area contributed by atoms with Crippen molar-refractivity contribution in [2.24, 2.45) is 0 Å². The maximum atomic E-state index is 6.64. The van der Waals surface area contributed by atoms with E-state index in [-0.39, 0.29) is 0 Å². The molecule has 1 saturated heterocycles. The Morgan fingerprint density at radius 3 is 2.30 bits per heavy atom. The van der Waals surface area contributed by atoms with Gasteiger partial charge in [0.05, 0.1) is 22.1 Å². The molecule has 4 rings (SSSR count). The highest BCUT2D eigenvalue weighted by molar-refractivity contribution is 6.77. The van der Waals surface area contributed by atoms with E-state index in [9.17, 15) is 0 Å². The second-order valence-electron chi connectivity index (χ2n) is 10.3. The molecule has 33 heavy (non-hydrogen) atoms. The maximum absolute atomic E-state index is 6.64. The van der Waals surface area contributed by atoms with Crippen molar-refractivity contribution in [2.75, 3.05) is 13.1 Å². The summed E-state index contributed by atoms with van der Waals surface area (Å²) < 4.78 is 2.02. The molecule has 3 aromatic rings. The Morgan fingerprint density at radius 2 is 1.70 bits per heavy atom. The van der Waals surface area contributed by atoms with Crippen molar-refractivity contribution >= 4 is 31.3 Å². The number of halogens is 2. The van der Waals surface area contributed by atoms with E-state index in [1.165, 1.54) is 36.3 Å². The Hall–Kier alpha value is -1.59. The van der Waals surface area contributed by atoms with Gasteiger partial charge in [0.2, 0.25) is 0 Å². The van der Waals surface area contributed by atoms with E-state index in [2.05, 4.69) is 63.0 Å². The van der Waals surface area contributed by atoms with Crippen LogP contribution in [0, 0.1) is 6.92 Å². The summed E-state index contributed by atoms with van der Waals surface area (Å²) in [7, 11) is -1.00. The fraction of sp³-hybridized carbons (Fsp3) is 0.444. The van der Waals surface area contributed by atoms with E-state index < -0.39 is 8.07 Å². The van der Waals surface area contributed by atoms with Gasteiger partial charge in [-0.05, 0) is 73.8 Å². The van der Waals surface area contributed by atoms with Gasteiger partial charge in [0.25, 0.3) is 0 Å². The number of aromatic nitrogens is 2. The van der Waals surface area contributed by atoms with Crippen LogP contribution in [0.5, 0.6) is 0 Å². The molecule has 1 unspecified atom stereocenters. The van der Waals surface area contributed by atoms with Crippen LogP contribution in [0.3, 0.4) is 0 Å². The van der Waals surface area contributed by atoms with E-state index in [1.807, 2.05) is 16.8 Å². The number of hydrogen-bond acceptors (Lipinski definition) is 2. The predicted octanol–water partition coefficient (Wildman–Crippen LogP) is 8.19. The standard InChI is InChI=1S/C27H35Cl2N3Si/c1-6-19(2)21-7-9-22(10-8-21)27-20(3)25(18-31-13-15-33(4,5)16-14-31)30-32(27)26-12-11-23(28)17-24(26)29/h7-12,17,19H,6,13-16,18H2,1-5H3. The van der Waals surface area contributed by atoms with E-state index >= 15 is 0 Å². The zero-order valence-electron chi connectivity index (χ0n) is 20.5. The number of nitrogens with zero attached hydrogens (tertiary/aromatic N) is 3. The van der Waals surface area contributed by atoms with Crippen LogP contribution in [-0.4, -0.2) is 35.8 Å². The Balaban J connectivity index is 1.75. The first-order chi connectivity index (χ1) is 15.7. The number of hydrogen-bond donors (Lipinski definition) is 0. The molecule has 6 heteroatoms. The van der Waals surface area contributed by atoms with Gasteiger partial charge in [0.15, 0.2) is 0 Å². The molecule has 1 fully saturated rings. The predicted molar refractivity (Wildman–Crippen MR) is 145 cm³/mol. The molecule has 1 aliphatic heterocycles. The second-order valence-corrected chi connectivity index (χ2v) is 16.5. The molecule has 0 aliphatic carbocycles. The Labute approximate surface area is 209 Å². The fourth-order valence-electron chi connectivity index (χ4n) is 4.59. The molecule has 1 atom stereocenters. The van der Waals surface area contributed by atoms with E-state index in [0.29, 0.717) is 16.0 Å². The van der Waals surface area contributed by atoms with Gasteiger partial charge in [-0.25, -0.2) is 4.68 Å². The van der Waals surface area contributed by atoms with Crippen LogP contribution in [-0.2, 0) is 6.54 Å². The highest BCUT2D eigenvalue weighted by Crippen LogP contribution is 2.34. The molecule has 0 bridgehead atoms. The summed E-state index contributed by atoms with van der Waals surface area (Å²) >= 11 is 12.8. The van der Waals surface area contributed by atoms with E-state index in [4.69, 9.17) is 28.3 Å². The van der Waals surface area contributed by atoms with Gasteiger partial charge < -0.3 is 0 Å². The quantitative estimate of drug-likeness (QED) is 0.318. The lowest BCUT2D eigenvalue weighted by molar-refractivity contribution is 0.277. The maximum Gasteiger partial charge on any atom is 0.0840 e. The van der Waals surface area contributed by atoms with Crippen molar-refractivity contribution < 1.29 is 0 Å². The topological polar surface area (TPSA) is 21.1 Å². The Bertz CT molecular complexity index is 1110. The summed E-state index contributed by atoms with van der Waals surface area (Å²) in [6, 6.07) is 17.3. The van der Waals surface area contributed by atoms with Gasteiger partial charge in [-0.15, -0.1) is 0 Å². The van der Waals surface area contributed by atoms with Crippen molar-refractivity contribution in [3.8, 4) is 16.9 Å². The van der Waals surface area contributed by atoms with E-state index in [1.54, 1.807) is 6.07 Å². The van der Waals surface area contributed by atoms with Gasteiger partial charge in [-0.3, -0.25) is 4.90 Å². The average Bonchev–Trinajstić information content (AvgIpc) is 3.10. The van der Waals surface area contributed by atoms with Gasteiger partial charge in [-0.1, -0.05) is 74.4 Å². The van der Waals surface area contributed by atoms with Gasteiger partial charge in [0, 0.05) is 25.2 Å². The molecule has 2 aromatic carbocycles. The normalized spacial score (nSPS) is 17.3. The van der Waals surface area contributed by atoms with Crippen LogP contribution in [0.25, 0.3) is 16.9 Å². The smallest absolute Gasteiger partial charge is 0.0840 e. The highest BCUT2D eigenvalue weighted by Gasteiger charge is 2.28. The molecule has 176 valence electrons. The largest absolute Gasteiger partial charge is 0.298 e. The first-order valence-corrected chi connectivity index (χ1v) is 16.2. The molecular formula is C27H35Cl2N3Si. The third kappa shape index (κ3) is 5.40. The zero-order valence-corrected chi connectivity index (χ0v) is 23.0. The summed E-state index contributed by atoms with van der Waals surface area (Å²) in [4.78, 5) is 2.57. The summed E-state index contributed by atoms with van der Waals surface area (Å²) in [5.41, 5.74) is 6.86. The van der Waals surface area contributed by atoms with Crippen LogP contribution >= 0.6 is 23.2 Å². The minimum atomic E-state index is -1.00. The minimum Gasteiger partial charge on any atom is -0.298 e. The Kier molecular flexibility index (Phi) is 7.40. The molecule has 0 radical (unpaired) electrons. The average molecular weight is 501 g/mol. The first-order valence-electron chi connectivity index (χ1n) is 12.0. The van der Waals surface area contributed by atoms with Crippen LogP contribution in [0.4, 0.5) is 0 Å². The third-order valence-electron chi connectivity index (χ3n) is 7.31. The Morgan fingerprint density at radius 1 is 1.03 bits per heavy atom. The number of rotatable bonds is 6. The van der Waals surface area contributed by atoms with Crippen molar-refractivity contribution in [1.82, 2.24) is 14.7 Å². The molecule has 1 aromatic heterocycles. The molecule has 2 heterocycles. The molecule has 0 amide bonds. The minimum absolute atomic E-state index is 0.554. The van der Waals surface area contributed by atoms with E-state index in [0.717, 1.165) is 35.6 Å². The van der Waals surface area contributed by atoms with Gasteiger partial charge in [-0.2, -0.15) is 5.10 Å². The molecular weight excluding hydrogens is 465 g/mol. The lowest BCUT2D eigenvalue weighted by atomic mass is 9.96. The first kappa shape index (κ1) is 24.5. The SMILES string of the molecule is CCC(C)c1ccc(-c2c(C)c(CN3CC[Si](C)(C)CC3)nn2-c2ccc(Cl)cc2Cl)cc1. The molecule has 3 nitrogen and oxygen atoms in total. The molecule has 1 aliphatic rings. The highest BCUT2D eigenvalue weighted by atomic mass is 35.5. The zero-order chi connectivity index (χ0) is 23.8. The molecule has 0 saturated carbocycles. The summed E-state index contributed by atoms with van der Waals surface area (Å²) in [6.45, 7) is 15.0. The second kappa shape index (κ2) is 9.95. The summed E-state index contributed by atoms with van der Waals surface area (Å²) in [6.07, 6.45) is 1.14. The van der Waals surface area contributed by atoms with Gasteiger partial charge >= 0.3 is 0 Å². The summed E-state index contributed by atoms with van der Waals surface area (Å²) in [5.74, 6) is 0.554. The monoisotopic (exact) mass is 499 g/mol. The van der Waals surface area contributed by atoms with Crippen LogP contribution in [0.2, 0.25) is 35.2 Å². The van der Waals surface area contributed by atoms with Crippen molar-refractivity contribution in [2.45, 2.75) is 64.8 Å². The lowest BCUT2D eigenvalue weighted by Crippen LogP contribution is -2.42. The third-order valence-corrected chi connectivity index (χ3v) is 11.0. The van der Waals surface area contributed by atoms with Gasteiger partial charge in [0.1, 0.15) is 0 Å². The molecule has 0 spiro atoms. The van der Waals surface area contributed by atoms with Crippen molar-refractivity contribution in [1.29, 1.82) is 0 Å². The van der Waals surface area contributed by atoms with Crippen molar-refractivity contribution in [3.05, 3.63) is 69.3 Å². The number of benzene rings is 2. The van der Waals surface area contributed by atoms with Crippen LogP contribution in [0.1, 0.15) is 43.0 Å². The van der Waals surface area contributed by atoms with Crippen LogP contribution in [0.15, 0.2) is 42.5 Å². The lowest BCUT2D eigenvalue weighted by Gasteiger charge is -2.35.